The summed E-state index contributed by atoms with van der Waals surface area (Å²) in [7, 11) is -3.93. The number of carboxylic acid groups (broad SMARTS) is 1. The highest BCUT2D eigenvalue weighted by Gasteiger charge is 2.33. The van der Waals surface area contributed by atoms with Crippen LogP contribution in [0, 0.1) is 0 Å². The van der Waals surface area contributed by atoms with Gasteiger partial charge in [0.05, 0.1) is 0 Å². The quantitative estimate of drug-likeness (QED) is 0.797. The van der Waals surface area contributed by atoms with Gasteiger partial charge < -0.3 is 5.11 Å². The second-order valence-corrected chi connectivity index (χ2v) is 5.92. The van der Waals surface area contributed by atoms with E-state index in [4.69, 9.17) is 16.7 Å². The van der Waals surface area contributed by atoms with Crippen molar-refractivity contribution in [3.8, 4) is 0 Å². The fraction of sp³-hybridized carbons (Fsp3) is 0.333. The van der Waals surface area contributed by atoms with Crippen molar-refractivity contribution in [3.63, 3.8) is 0 Å². The molecule has 6 nitrogen and oxygen atoms in total. The van der Waals surface area contributed by atoms with E-state index < -0.39 is 21.5 Å². The third kappa shape index (κ3) is 3.39. The van der Waals surface area contributed by atoms with Gasteiger partial charge in [0.1, 0.15) is 15.6 Å². The monoisotopic (exact) mass is 278 g/mol. The summed E-state index contributed by atoms with van der Waals surface area (Å²) in [5.74, 6) is -1.28. The highest BCUT2D eigenvalue weighted by atomic mass is 35.5. The molecule has 0 radical (unpaired) electrons. The van der Waals surface area contributed by atoms with Gasteiger partial charge in [-0.3, -0.25) is 4.79 Å². The molecule has 0 saturated carbocycles. The fourth-order valence-electron chi connectivity index (χ4n) is 0.960. The Balaban J connectivity index is 3.05. The maximum atomic E-state index is 11.8. The topological polar surface area (TPSA) is 96.4 Å². The van der Waals surface area contributed by atoms with Crippen molar-refractivity contribution in [1.29, 1.82) is 0 Å². The molecule has 0 aliphatic carbocycles. The molecule has 0 amide bonds. The van der Waals surface area contributed by atoms with Gasteiger partial charge in [0.15, 0.2) is 0 Å². The smallest absolute Gasteiger partial charge is 0.324 e. The van der Waals surface area contributed by atoms with Gasteiger partial charge in [0.25, 0.3) is 0 Å². The van der Waals surface area contributed by atoms with Crippen LogP contribution in [0.4, 0.5) is 0 Å². The van der Waals surface area contributed by atoms with Crippen LogP contribution in [0.1, 0.15) is 13.8 Å². The molecule has 1 rings (SSSR count). The van der Waals surface area contributed by atoms with Crippen molar-refractivity contribution in [3.05, 3.63) is 23.5 Å². The molecule has 1 aromatic rings. The number of aromatic nitrogens is 1. The van der Waals surface area contributed by atoms with Gasteiger partial charge in [-0.2, -0.15) is 4.72 Å². The zero-order chi connectivity index (χ0) is 13.3. The first-order chi connectivity index (χ1) is 7.65. The van der Waals surface area contributed by atoms with Crippen LogP contribution < -0.4 is 4.72 Å². The molecule has 1 heterocycles. The molecule has 2 N–H and O–H groups in total. The summed E-state index contributed by atoms with van der Waals surface area (Å²) in [6.07, 6.45) is 1.06. The van der Waals surface area contributed by atoms with Crippen LogP contribution >= 0.6 is 11.6 Å². The minimum absolute atomic E-state index is 0.142. The van der Waals surface area contributed by atoms with Crippen LogP contribution in [0.25, 0.3) is 0 Å². The predicted octanol–water partition coefficient (Wildman–Crippen LogP) is 0.877. The van der Waals surface area contributed by atoms with Crippen molar-refractivity contribution in [2.45, 2.75) is 24.3 Å². The molecule has 0 aromatic carbocycles. The second-order valence-electron chi connectivity index (χ2n) is 3.85. The number of hydrogen-bond donors (Lipinski definition) is 2. The number of halogens is 1. The summed E-state index contributed by atoms with van der Waals surface area (Å²) in [6, 6.07) is 2.56. The number of sulfonamides is 1. The van der Waals surface area contributed by atoms with E-state index in [-0.39, 0.29) is 10.0 Å². The molecular weight excluding hydrogens is 268 g/mol. The number of carboxylic acids is 1. The first-order valence-electron chi connectivity index (χ1n) is 4.54. The Labute approximate surface area is 104 Å². The van der Waals surface area contributed by atoms with Crippen LogP contribution in [0.15, 0.2) is 23.2 Å². The predicted molar refractivity (Wildman–Crippen MR) is 61.3 cm³/mol. The molecule has 94 valence electrons. The first-order valence-corrected chi connectivity index (χ1v) is 6.40. The molecule has 1 aromatic heterocycles. The standard InChI is InChI=1S/C9H11ClN2O4S/c1-9(2,8(13)14)12-17(15,16)6-3-4-7(10)11-5-6/h3-5,12H,1-2H3,(H,13,14). The molecule has 0 atom stereocenters. The summed E-state index contributed by atoms with van der Waals surface area (Å²) < 4.78 is 25.7. The zero-order valence-corrected chi connectivity index (χ0v) is 10.7. The molecule has 0 aliphatic heterocycles. The van der Waals surface area contributed by atoms with E-state index in [2.05, 4.69) is 9.71 Å². The average Bonchev–Trinajstić information content (AvgIpc) is 2.16. The molecule has 0 unspecified atom stereocenters. The van der Waals surface area contributed by atoms with E-state index >= 15 is 0 Å². The Kier molecular flexibility index (Phi) is 3.75. The number of rotatable bonds is 4. The molecule has 8 heteroatoms. The third-order valence-electron chi connectivity index (χ3n) is 1.93. The van der Waals surface area contributed by atoms with Crippen LogP contribution in [-0.2, 0) is 14.8 Å². The highest BCUT2D eigenvalue weighted by Crippen LogP contribution is 2.14. The molecule has 0 fully saturated rings. The number of carbonyl (C=O) groups is 1. The van der Waals surface area contributed by atoms with Crippen LogP contribution in [0.5, 0.6) is 0 Å². The lowest BCUT2D eigenvalue weighted by molar-refractivity contribution is -0.142. The number of nitrogens with zero attached hydrogens (tertiary/aromatic N) is 1. The summed E-state index contributed by atoms with van der Waals surface area (Å²) >= 11 is 5.52. The van der Waals surface area contributed by atoms with Crippen LogP contribution in [0.3, 0.4) is 0 Å². The number of pyridine rings is 1. The zero-order valence-electron chi connectivity index (χ0n) is 9.14. The lowest BCUT2D eigenvalue weighted by Gasteiger charge is -2.20. The van der Waals surface area contributed by atoms with E-state index in [0.29, 0.717) is 0 Å². The summed E-state index contributed by atoms with van der Waals surface area (Å²) in [4.78, 5) is 14.3. The van der Waals surface area contributed by atoms with Crippen molar-refractivity contribution in [2.24, 2.45) is 0 Å². The van der Waals surface area contributed by atoms with Crippen LogP contribution in [0.2, 0.25) is 5.15 Å². The second kappa shape index (κ2) is 4.59. The number of aliphatic carboxylic acids is 1. The van der Waals surface area contributed by atoms with Gasteiger partial charge >= 0.3 is 5.97 Å². The maximum absolute atomic E-state index is 11.8. The van der Waals surface area contributed by atoms with Gasteiger partial charge in [0.2, 0.25) is 10.0 Å². The number of nitrogens with one attached hydrogen (secondary N) is 1. The fourth-order valence-corrected chi connectivity index (χ4v) is 2.39. The summed E-state index contributed by atoms with van der Waals surface area (Å²) in [5.41, 5.74) is -1.60. The molecule has 17 heavy (non-hydrogen) atoms. The Bertz CT molecular complexity index is 524. The van der Waals surface area contributed by atoms with Crippen molar-refractivity contribution < 1.29 is 18.3 Å². The lowest BCUT2D eigenvalue weighted by Crippen LogP contribution is -2.49. The SMILES string of the molecule is CC(C)(NS(=O)(=O)c1ccc(Cl)nc1)C(=O)O. The maximum Gasteiger partial charge on any atom is 0.324 e. The Morgan fingerprint density at radius 1 is 1.47 bits per heavy atom. The molecule has 0 saturated heterocycles. The lowest BCUT2D eigenvalue weighted by atomic mass is 10.1. The van der Waals surface area contributed by atoms with E-state index in [1.165, 1.54) is 26.0 Å². The molecule has 0 spiro atoms. The van der Waals surface area contributed by atoms with Crippen molar-refractivity contribution in [1.82, 2.24) is 9.71 Å². The first kappa shape index (κ1) is 13.9. The normalized spacial score (nSPS) is 12.4. The van der Waals surface area contributed by atoms with Crippen molar-refractivity contribution >= 4 is 27.6 Å². The van der Waals surface area contributed by atoms with Gasteiger partial charge in [-0.15, -0.1) is 0 Å². The highest BCUT2D eigenvalue weighted by molar-refractivity contribution is 7.89. The summed E-state index contributed by atoms with van der Waals surface area (Å²) in [5, 5.41) is 8.99. The van der Waals surface area contributed by atoms with E-state index in [0.717, 1.165) is 6.20 Å². The molecule has 0 bridgehead atoms. The Hall–Kier alpha value is -1.18. The third-order valence-corrected chi connectivity index (χ3v) is 3.80. The van der Waals surface area contributed by atoms with E-state index in [1.807, 2.05) is 0 Å². The molecule has 0 aliphatic rings. The van der Waals surface area contributed by atoms with Gasteiger partial charge in [-0.25, -0.2) is 13.4 Å². The van der Waals surface area contributed by atoms with Gasteiger partial charge in [-0.1, -0.05) is 11.6 Å². The van der Waals surface area contributed by atoms with Crippen molar-refractivity contribution in [2.75, 3.05) is 0 Å². The minimum Gasteiger partial charge on any atom is -0.480 e. The van der Waals surface area contributed by atoms with Gasteiger partial charge in [-0.05, 0) is 26.0 Å². The van der Waals surface area contributed by atoms with Gasteiger partial charge in [0, 0.05) is 6.20 Å². The van der Waals surface area contributed by atoms with E-state index in [1.54, 1.807) is 0 Å². The average molecular weight is 279 g/mol. The Morgan fingerprint density at radius 2 is 2.06 bits per heavy atom. The van der Waals surface area contributed by atoms with E-state index in [9.17, 15) is 13.2 Å². The summed E-state index contributed by atoms with van der Waals surface area (Å²) in [6.45, 7) is 2.49. The Morgan fingerprint density at radius 3 is 2.47 bits per heavy atom. The minimum atomic E-state index is -3.93. The largest absolute Gasteiger partial charge is 0.480 e. The number of hydrogen-bond acceptors (Lipinski definition) is 4. The molecular formula is C9H11ClN2O4S. The van der Waals surface area contributed by atoms with Crippen LogP contribution in [-0.4, -0.2) is 30.0 Å².